The van der Waals surface area contributed by atoms with Gasteiger partial charge in [-0.3, -0.25) is 9.48 Å². The topological polar surface area (TPSA) is 82.5 Å². The molecule has 0 radical (unpaired) electrons. The van der Waals surface area contributed by atoms with Gasteiger partial charge in [0.05, 0.1) is 23.6 Å². The zero-order valence-electron chi connectivity index (χ0n) is 15.6. The Kier molecular flexibility index (Phi) is 4.57. The molecule has 0 saturated carbocycles. The fraction of sp³-hybridized carbons (Fsp3) is 0.190. The summed E-state index contributed by atoms with van der Waals surface area (Å²) in [5.41, 5.74) is 3.40. The average molecular weight is 377 g/mol. The van der Waals surface area contributed by atoms with E-state index in [-0.39, 0.29) is 18.9 Å². The second kappa shape index (κ2) is 7.19. The van der Waals surface area contributed by atoms with E-state index >= 15 is 0 Å². The summed E-state index contributed by atoms with van der Waals surface area (Å²) < 4.78 is 12.5. The SMILES string of the molecule is CCOC(=O)c1ccccc1NC(=O)c1nn(C)c2c1COc1ccccc1-2. The first kappa shape index (κ1) is 17.8. The van der Waals surface area contributed by atoms with Crippen LogP contribution in [0.5, 0.6) is 5.75 Å². The van der Waals surface area contributed by atoms with Crippen molar-refractivity contribution in [2.24, 2.45) is 7.05 Å². The molecule has 1 aromatic heterocycles. The molecule has 7 nitrogen and oxygen atoms in total. The van der Waals surface area contributed by atoms with E-state index in [9.17, 15) is 9.59 Å². The molecule has 3 aromatic rings. The van der Waals surface area contributed by atoms with Gasteiger partial charge in [-0.2, -0.15) is 5.10 Å². The fourth-order valence-electron chi connectivity index (χ4n) is 3.32. The molecule has 1 amide bonds. The highest BCUT2D eigenvalue weighted by Crippen LogP contribution is 2.38. The van der Waals surface area contributed by atoms with Crippen LogP contribution in [0.25, 0.3) is 11.3 Å². The second-order valence-corrected chi connectivity index (χ2v) is 6.30. The van der Waals surface area contributed by atoms with Crippen molar-refractivity contribution in [1.29, 1.82) is 0 Å². The van der Waals surface area contributed by atoms with Gasteiger partial charge in [-0.1, -0.05) is 24.3 Å². The maximum Gasteiger partial charge on any atom is 0.340 e. The van der Waals surface area contributed by atoms with Crippen LogP contribution >= 0.6 is 0 Å². The highest BCUT2D eigenvalue weighted by Gasteiger charge is 2.28. The third-order valence-electron chi connectivity index (χ3n) is 4.55. The minimum Gasteiger partial charge on any atom is -0.488 e. The number of fused-ring (bicyclic) bond motifs is 3. The molecule has 1 aliphatic heterocycles. The lowest BCUT2D eigenvalue weighted by atomic mass is 10.0. The van der Waals surface area contributed by atoms with Crippen LogP contribution in [0, 0.1) is 0 Å². The van der Waals surface area contributed by atoms with Gasteiger partial charge in [-0.05, 0) is 31.2 Å². The summed E-state index contributed by atoms with van der Waals surface area (Å²) in [6.07, 6.45) is 0. The summed E-state index contributed by atoms with van der Waals surface area (Å²) in [5, 5.41) is 7.19. The first-order valence-electron chi connectivity index (χ1n) is 8.95. The molecule has 0 atom stereocenters. The van der Waals surface area contributed by atoms with Crippen molar-refractivity contribution >= 4 is 17.6 Å². The Bertz CT molecular complexity index is 1070. The quantitative estimate of drug-likeness (QED) is 0.705. The molecule has 0 unspecified atom stereocenters. The van der Waals surface area contributed by atoms with Crippen molar-refractivity contribution in [3.05, 3.63) is 65.4 Å². The van der Waals surface area contributed by atoms with E-state index in [1.165, 1.54) is 0 Å². The van der Waals surface area contributed by atoms with Gasteiger partial charge < -0.3 is 14.8 Å². The number of rotatable bonds is 4. The fourth-order valence-corrected chi connectivity index (χ4v) is 3.32. The van der Waals surface area contributed by atoms with Crippen molar-refractivity contribution in [1.82, 2.24) is 9.78 Å². The highest BCUT2D eigenvalue weighted by molar-refractivity contribution is 6.08. The number of nitrogens with one attached hydrogen (secondary N) is 1. The molecule has 2 heterocycles. The third kappa shape index (κ3) is 3.00. The van der Waals surface area contributed by atoms with Crippen LogP contribution in [-0.4, -0.2) is 28.3 Å². The average Bonchev–Trinajstić information content (AvgIpc) is 3.06. The molecule has 7 heteroatoms. The number of esters is 1. The van der Waals surface area contributed by atoms with Crippen molar-refractivity contribution in [3.63, 3.8) is 0 Å². The van der Waals surface area contributed by atoms with Crippen LogP contribution in [0.2, 0.25) is 0 Å². The molecule has 0 spiro atoms. The summed E-state index contributed by atoms with van der Waals surface area (Å²) in [6.45, 7) is 2.24. The maximum atomic E-state index is 12.9. The normalized spacial score (nSPS) is 11.8. The molecule has 2 aromatic carbocycles. The minimum atomic E-state index is -0.487. The Morgan fingerprint density at radius 2 is 1.93 bits per heavy atom. The molecular formula is C21H19N3O4. The maximum absolute atomic E-state index is 12.9. The number of benzene rings is 2. The molecular weight excluding hydrogens is 358 g/mol. The van der Waals surface area contributed by atoms with Crippen molar-refractivity contribution < 1.29 is 19.1 Å². The summed E-state index contributed by atoms with van der Waals surface area (Å²) in [7, 11) is 1.80. The van der Waals surface area contributed by atoms with Gasteiger partial charge >= 0.3 is 5.97 Å². The monoisotopic (exact) mass is 377 g/mol. The lowest BCUT2D eigenvalue weighted by molar-refractivity contribution is 0.0527. The van der Waals surface area contributed by atoms with Crippen molar-refractivity contribution in [2.75, 3.05) is 11.9 Å². The van der Waals surface area contributed by atoms with Crippen LogP contribution in [-0.2, 0) is 18.4 Å². The summed E-state index contributed by atoms with van der Waals surface area (Å²) >= 11 is 0. The molecule has 1 N–H and O–H groups in total. The molecule has 4 rings (SSSR count). The molecule has 0 bridgehead atoms. The zero-order chi connectivity index (χ0) is 19.7. The Morgan fingerprint density at radius 1 is 1.18 bits per heavy atom. The Labute approximate surface area is 161 Å². The molecule has 142 valence electrons. The van der Waals surface area contributed by atoms with Crippen LogP contribution in [0.15, 0.2) is 48.5 Å². The molecule has 28 heavy (non-hydrogen) atoms. The van der Waals surface area contributed by atoms with Gasteiger partial charge in [0.1, 0.15) is 12.4 Å². The number of para-hydroxylation sites is 2. The van der Waals surface area contributed by atoms with Crippen LogP contribution in [0.4, 0.5) is 5.69 Å². The van der Waals surface area contributed by atoms with Crippen LogP contribution in [0.1, 0.15) is 33.3 Å². The number of ether oxygens (including phenoxy) is 2. The summed E-state index contributed by atoms with van der Waals surface area (Å²) in [5.74, 6) is -0.132. The minimum absolute atomic E-state index is 0.252. The molecule has 0 fully saturated rings. The Balaban J connectivity index is 1.68. The number of carbonyl (C=O) groups excluding carboxylic acids is 2. The largest absolute Gasteiger partial charge is 0.488 e. The third-order valence-corrected chi connectivity index (χ3v) is 4.55. The standard InChI is InChI=1S/C21H19N3O4/c1-3-27-21(26)13-8-4-6-10-16(13)22-20(25)18-15-12-28-17-11-7-5-9-14(17)19(15)24(2)23-18/h4-11H,3,12H2,1-2H3,(H,22,25). The van der Waals surface area contributed by atoms with E-state index in [1.807, 2.05) is 24.3 Å². The van der Waals surface area contributed by atoms with Gasteiger partial charge in [0.2, 0.25) is 0 Å². The number of carbonyl (C=O) groups is 2. The number of anilines is 1. The smallest absolute Gasteiger partial charge is 0.340 e. The number of amides is 1. The predicted octanol–water partition coefficient (Wildman–Crippen LogP) is 3.41. The summed E-state index contributed by atoms with van der Waals surface area (Å²) in [4.78, 5) is 25.1. The van der Waals surface area contributed by atoms with E-state index in [0.29, 0.717) is 16.8 Å². The number of aromatic nitrogens is 2. The van der Waals surface area contributed by atoms with E-state index < -0.39 is 11.9 Å². The first-order chi connectivity index (χ1) is 13.6. The van der Waals surface area contributed by atoms with E-state index in [0.717, 1.165) is 17.0 Å². The van der Waals surface area contributed by atoms with Gasteiger partial charge in [0.15, 0.2) is 5.69 Å². The van der Waals surface area contributed by atoms with Crippen molar-refractivity contribution in [2.45, 2.75) is 13.5 Å². The second-order valence-electron chi connectivity index (χ2n) is 6.30. The van der Waals surface area contributed by atoms with Gasteiger partial charge in [-0.15, -0.1) is 0 Å². The van der Waals surface area contributed by atoms with Crippen LogP contribution < -0.4 is 10.1 Å². The Hall–Kier alpha value is -3.61. The lowest BCUT2D eigenvalue weighted by Crippen LogP contribution is -2.18. The van der Waals surface area contributed by atoms with Gasteiger partial charge in [0.25, 0.3) is 5.91 Å². The lowest BCUT2D eigenvalue weighted by Gasteiger charge is -2.18. The number of hydrogen-bond acceptors (Lipinski definition) is 5. The predicted molar refractivity (Wildman–Crippen MR) is 103 cm³/mol. The molecule has 0 aliphatic carbocycles. The van der Waals surface area contributed by atoms with Gasteiger partial charge in [0, 0.05) is 18.2 Å². The van der Waals surface area contributed by atoms with E-state index in [2.05, 4.69) is 10.4 Å². The molecule has 0 saturated heterocycles. The van der Waals surface area contributed by atoms with E-state index in [1.54, 1.807) is 42.9 Å². The number of nitrogens with zero attached hydrogens (tertiary/aromatic N) is 2. The van der Waals surface area contributed by atoms with Crippen molar-refractivity contribution in [3.8, 4) is 17.0 Å². The van der Waals surface area contributed by atoms with Gasteiger partial charge in [-0.25, -0.2) is 4.79 Å². The number of hydrogen-bond donors (Lipinski definition) is 1. The van der Waals surface area contributed by atoms with Crippen LogP contribution in [0.3, 0.4) is 0 Å². The zero-order valence-corrected chi connectivity index (χ0v) is 15.6. The molecule has 1 aliphatic rings. The first-order valence-corrected chi connectivity index (χ1v) is 8.95. The Morgan fingerprint density at radius 3 is 2.75 bits per heavy atom. The van der Waals surface area contributed by atoms with E-state index in [4.69, 9.17) is 9.47 Å². The summed E-state index contributed by atoms with van der Waals surface area (Å²) in [6, 6.07) is 14.4. The number of aryl methyl sites for hydroxylation is 1. The highest BCUT2D eigenvalue weighted by atomic mass is 16.5.